The normalized spacial score (nSPS) is 12.9. The van der Waals surface area contributed by atoms with E-state index in [2.05, 4.69) is 9.97 Å². The fourth-order valence-corrected chi connectivity index (χ4v) is 1.46. The molecule has 5 nitrogen and oxygen atoms in total. The van der Waals surface area contributed by atoms with Crippen LogP contribution in [0, 0.1) is 0 Å². The van der Waals surface area contributed by atoms with Crippen molar-refractivity contribution in [1.29, 1.82) is 0 Å². The third-order valence-electron chi connectivity index (χ3n) is 2.42. The summed E-state index contributed by atoms with van der Waals surface area (Å²) in [6.07, 6.45) is 0.153. The molecule has 1 aromatic heterocycles. The van der Waals surface area contributed by atoms with E-state index in [4.69, 9.17) is 4.74 Å². The summed E-state index contributed by atoms with van der Waals surface area (Å²) in [7, 11) is 0. The molecule has 1 heterocycles. The Hall–Kier alpha value is -1.75. The van der Waals surface area contributed by atoms with Crippen molar-refractivity contribution in [1.82, 2.24) is 9.97 Å². The van der Waals surface area contributed by atoms with Crippen molar-refractivity contribution in [3.05, 3.63) is 28.7 Å². The van der Waals surface area contributed by atoms with Crippen LogP contribution in [0.3, 0.4) is 0 Å². The van der Waals surface area contributed by atoms with Crippen LogP contribution >= 0.6 is 0 Å². The summed E-state index contributed by atoms with van der Waals surface area (Å²) < 4.78 is 5.45. The Morgan fingerprint density at radius 2 is 2.25 bits per heavy atom. The predicted molar refractivity (Wildman–Crippen MR) is 60.7 cm³/mol. The van der Waals surface area contributed by atoms with Gasteiger partial charge in [0.15, 0.2) is 0 Å². The molecule has 1 aromatic carbocycles. The molecule has 16 heavy (non-hydrogen) atoms. The van der Waals surface area contributed by atoms with Gasteiger partial charge in [-0.2, -0.15) is 0 Å². The molecule has 0 fully saturated rings. The van der Waals surface area contributed by atoms with Gasteiger partial charge in [0, 0.05) is 0 Å². The number of hydrogen-bond acceptors (Lipinski definition) is 3. The Labute approximate surface area is 92.1 Å². The van der Waals surface area contributed by atoms with Gasteiger partial charge in [-0.1, -0.05) is 13.0 Å². The van der Waals surface area contributed by atoms with Crippen molar-refractivity contribution in [2.24, 2.45) is 0 Å². The quantitative estimate of drug-likeness (QED) is 0.722. The van der Waals surface area contributed by atoms with E-state index in [9.17, 15) is 9.90 Å². The van der Waals surface area contributed by atoms with Crippen LogP contribution in [0.4, 0.5) is 0 Å². The molecule has 0 aliphatic heterocycles. The lowest BCUT2D eigenvalue weighted by Gasteiger charge is -2.10. The number of rotatable bonds is 4. The lowest BCUT2D eigenvalue weighted by Crippen LogP contribution is -2.16. The number of aromatic amines is 2. The number of aromatic nitrogens is 2. The molecular weight excluding hydrogens is 208 g/mol. The lowest BCUT2D eigenvalue weighted by molar-refractivity contribution is 0.105. The highest BCUT2D eigenvalue weighted by atomic mass is 16.5. The van der Waals surface area contributed by atoms with Gasteiger partial charge in [-0.25, -0.2) is 4.79 Å². The topological polar surface area (TPSA) is 78.1 Å². The Bertz CT molecular complexity index is 529. The Kier molecular flexibility index (Phi) is 2.96. The van der Waals surface area contributed by atoms with E-state index >= 15 is 0 Å². The van der Waals surface area contributed by atoms with Gasteiger partial charge in [0.25, 0.3) is 0 Å². The third-order valence-corrected chi connectivity index (χ3v) is 2.42. The second kappa shape index (κ2) is 4.40. The number of aliphatic hydroxyl groups excluding tert-OH is 1. The zero-order valence-electron chi connectivity index (χ0n) is 8.99. The highest BCUT2D eigenvalue weighted by Gasteiger charge is 2.07. The van der Waals surface area contributed by atoms with Gasteiger partial charge in [0.1, 0.15) is 17.9 Å². The molecule has 0 unspecified atom stereocenters. The predicted octanol–water partition coefficient (Wildman–Crippen LogP) is 1.01. The average molecular weight is 222 g/mol. The summed E-state index contributed by atoms with van der Waals surface area (Å²) in [5.74, 6) is 0.573. The minimum atomic E-state index is -0.485. The number of aliphatic hydroxyl groups is 1. The molecule has 2 rings (SSSR count). The molecule has 0 saturated carbocycles. The van der Waals surface area contributed by atoms with E-state index in [0.29, 0.717) is 23.2 Å². The zero-order valence-corrected chi connectivity index (χ0v) is 8.99. The van der Waals surface area contributed by atoms with Crippen molar-refractivity contribution in [2.45, 2.75) is 19.4 Å². The fraction of sp³-hybridized carbons (Fsp3) is 0.364. The monoisotopic (exact) mass is 222 g/mol. The summed E-state index contributed by atoms with van der Waals surface area (Å²) in [5, 5.41) is 9.39. The van der Waals surface area contributed by atoms with Gasteiger partial charge in [-0.15, -0.1) is 0 Å². The van der Waals surface area contributed by atoms with Gasteiger partial charge < -0.3 is 19.8 Å². The summed E-state index contributed by atoms with van der Waals surface area (Å²) in [4.78, 5) is 16.4. The highest BCUT2D eigenvalue weighted by Crippen LogP contribution is 2.21. The number of fused-ring (bicyclic) bond motifs is 1. The van der Waals surface area contributed by atoms with Crippen molar-refractivity contribution < 1.29 is 9.84 Å². The fourth-order valence-electron chi connectivity index (χ4n) is 1.46. The number of hydrogen-bond donors (Lipinski definition) is 3. The van der Waals surface area contributed by atoms with Crippen LogP contribution in [0.5, 0.6) is 5.75 Å². The van der Waals surface area contributed by atoms with Crippen molar-refractivity contribution in [2.75, 3.05) is 6.61 Å². The Morgan fingerprint density at radius 3 is 3.00 bits per heavy atom. The lowest BCUT2D eigenvalue weighted by atomic mass is 10.3. The second-order valence-corrected chi connectivity index (χ2v) is 3.63. The van der Waals surface area contributed by atoms with E-state index < -0.39 is 6.10 Å². The number of imidazole rings is 1. The molecule has 2 aromatic rings. The van der Waals surface area contributed by atoms with Crippen molar-refractivity contribution in [3.8, 4) is 5.75 Å². The maximum atomic E-state index is 11.1. The van der Waals surface area contributed by atoms with E-state index in [1.165, 1.54) is 0 Å². The van der Waals surface area contributed by atoms with Crippen LogP contribution in [0.1, 0.15) is 13.3 Å². The van der Waals surface area contributed by atoms with Gasteiger partial charge in [-0.05, 0) is 18.6 Å². The van der Waals surface area contributed by atoms with Crippen molar-refractivity contribution in [3.63, 3.8) is 0 Å². The maximum Gasteiger partial charge on any atom is 0.323 e. The van der Waals surface area contributed by atoms with Crippen LogP contribution in [0.25, 0.3) is 11.0 Å². The molecule has 3 N–H and O–H groups in total. The largest absolute Gasteiger partial charge is 0.489 e. The average Bonchev–Trinajstić information content (AvgIpc) is 2.66. The first-order valence-corrected chi connectivity index (χ1v) is 5.22. The van der Waals surface area contributed by atoms with Gasteiger partial charge in [0.05, 0.1) is 11.6 Å². The molecule has 0 saturated heterocycles. The second-order valence-electron chi connectivity index (χ2n) is 3.63. The summed E-state index contributed by atoms with van der Waals surface area (Å²) in [6.45, 7) is 2.11. The molecule has 5 heteroatoms. The van der Waals surface area contributed by atoms with Crippen LogP contribution in [-0.4, -0.2) is 27.8 Å². The van der Waals surface area contributed by atoms with E-state index in [0.717, 1.165) is 0 Å². The number of benzene rings is 1. The standard InChI is InChI=1S/C11H14N2O3/c1-2-7(14)6-16-9-5-3-4-8-10(9)13-11(15)12-8/h3-5,7,14H,2,6H2,1H3,(H2,12,13,15)/t7-/m0/s1. The molecule has 86 valence electrons. The Morgan fingerprint density at radius 1 is 1.44 bits per heavy atom. The molecule has 0 spiro atoms. The Balaban J connectivity index is 2.26. The maximum absolute atomic E-state index is 11.1. The van der Waals surface area contributed by atoms with Crippen LogP contribution in [0.15, 0.2) is 23.0 Å². The first-order chi connectivity index (χ1) is 7.70. The molecule has 0 aliphatic carbocycles. The number of nitrogens with one attached hydrogen (secondary N) is 2. The zero-order chi connectivity index (χ0) is 11.5. The molecular formula is C11H14N2O3. The summed E-state index contributed by atoms with van der Waals surface area (Å²) >= 11 is 0. The van der Waals surface area contributed by atoms with Gasteiger partial charge in [-0.3, -0.25) is 0 Å². The molecule has 0 bridgehead atoms. The first kappa shape index (κ1) is 10.8. The summed E-state index contributed by atoms with van der Waals surface area (Å²) in [5.41, 5.74) is 1.08. The van der Waals surface area contributed by atoms with E-state index in [1.807, 2.05) is 6.92 Å². The number of H-pyrrole nitrogens is 2. The van der Waals surface area contributed by atoms with Gasteiger partial charge >= 0.3 is 5.69 Å². The molecule has 1 atom stereocenters. The minimum Gasteiger partial charge on any atom is -0.489 e. The van der Waals surface area contributed by atoms with Crippen molar-refractivity contribution >= 4 is 11.0 Å². The molecule has 0 amide bonds. The molecule has 0 aliphatic rings. The van der Waals surface area contributed by atoms with Gasteiger partial charge in [0.2, 0.25) is 0 Å². The SMILES string of the molecule is CC[C@H](O)COc1cccc2[nH]c(=O)[nH]c12. The number of para-hydroxylation sites is 1. The van der Waals surface area contributed by atoms with E-state index in [1.54, 1.807) is 18.2 Å². The first-order valence-electron chi connectivity index (χ1n) is 5.22. The van der Waals surface area contributed by atoms with Crippen LogP contribution < -0.4 is 10.4 Å². The minimum absolute atomic E-state index is 0.225. The van der Waals surface area contributed by atoms with E-state index in [-0.39, 0.29) is 12.3 Å². The highest BCUT2D eigenvalue weighted by molar-refractivity contribution is 5.80. The number of ether oxygens (including phenoxy) is 1. The molecule has 0 radical (unpaired) electrons. The third kappa shape index (κ3) is 2.09. The van der Waals surface area contributed by atoms with Crippen LogP contribution in [0.2, 0.25) is 0 Å². The smallest absolute Gasteiger partial charge is 0.323 e. The summed E-state index contributed by atoms with van der Waals surface area (Å²) in [6, 6.07) is 5.34. The van der Waals surface area contributed by atoms with Crippen LogP contribution in [-0.2, 0) is 0 Å².